The molecule has 3 heteroatoms. The lowest BCUT2D eigenvalue weighted by Crippen LogP contribution is -2.05. The molecule has 2 aromatic heterocycles. The second kappa shape index (κ2) is 9.37. The highest BCUT2D eigenvalue weighted by atomic mass is 15.2. The van der Waals surface area contributed by atoms with Gasteiger partial charge in [-0.05, 0) is 45.5 Å². The molecule has 200 valence electrons. The Morgan fingerprint density at radius 2 is 0.977 bits per heavy atom. The maximum Gasteiger partial charge on any atom is 0.235 e. The molecule has 0 bridgehead atoms. The summed E-state index contributed by atoms with van der Waals surface area (Å²) in [5, 5.41) is 2.26. The van der Waals surface area contributed by atoms with E-state index in [9.17, 15) is 0 Å². The van der Waals surface area contributed by atoms with Crippen LogP contribution in [0.15, 0.2) is 152 Å². The summed E-state index contributed by atoms with van der Waals surface area (Å²) in [5.41, 5.74) is 13.6. The SMILES string of the molecule is c1ccc(-c2nc(-n3c(-c4ccccc4)c4c5c(cccc53)-c3ccccc3-c3ccccc3-4)nc3ccccc23)cc1. The zero-order valence-electron chi connectivity index (χ0n) is 23.3. The maximum absolute atomic E-state index is 5.35. The molecule has 0 atom stereocenters. The van der Waals surface area contributed by atoms with E-state index >= 15 is 0 Å². The lowest BCUT2D eigenvalue weighted by Gasteiger charge is -2.16. The van der Waals surface area contributed by atoms with Crippen LogP contribution in [-0.4, -0.2) is 14.5 Å². The van der Waals surface area contributed by atoms with Crippen molar-refractivity contribution in [1.29, 1.82) is 0 Å². The first-order valence-electron chi connectivity index (χ1n) is 14.6. The van der Waals surface area contributed by atoms with Crippen molar-refractivity contribution < 1.29 is 0 Å². The van der Waals surface area contributed by atoms with E-state index < -0.39 is 0 Å². The minimum Gasteiger partial charge on any atom is -0.277 e. The van der Waals surface area contributed by atoms with Gasteiger partial charge in [-0.2, -0.15) is 0 Å². The van der Waals surface area contributed by atoms with Crippen LogP contribution >= 0.6 is 0 Å². The zero-order valence-corrected chi connectivity index (χ0v) is 23.3. The molecule has 0 spiro atoms. The molecule has 0 radical (unpaired) electrons. The predicted molar refractivity (Wildman–Crippen MR) is 177 cm³/mol. The highest BCUT2D eigenvalue weighted by molar-refractivity contribution is 6.17. The summed E-state index contributed by atoms with van der Waals surface area (Å²) >= 11 is 0. The number of para-hydroxylation sites is 1. The molecular formula is C40H25N3. The quantitative estimate of drug-likeness (QED) is 0.220. The molecule has 8 aromatic rings. The van der Waals surface area contributed by atoms with Crippen molar-refractivity contribution in [3.05, 3.63) is 152 Å². The van der Waals surface area contributed by atoms with Crippen LogP contribution in [0.1, 0.15) is 0 Å². The van der Waals surface area contributed by atoms with Gasteiger partial charge in [0.05, 0.1) is 22.4 Å². The second-order valence-electron chi connectivity index (χ2n) is 11.0. The first-order chi connectivity index (χ1) is 21.4. The lowest BCUT2D eigenvalue weighted by atomic mass is 9.93. The number of nitrogens with zero attached hydrogens (tertiary/aromatic N) is 3. The minimum absolute atomic E-state index is 0.663. The molecule has 0 aliphatic heterocycles. The van der Waals surface area contributed by atoms with E-state index in [0.717, 1.165) is 38.9 Å². The fourth-order valence-corrected chi connectivity index (χ4v) is 6.77. The molecule has 0 amide bonds. The molecule has 1 aliphatic rings. The summed E-state index contributed by atoms with van der Waals surface area (Å²) in [6, 6.07) is 53.6. The molecule has 0 fully saturated rings. The standard InChI is InChI=1S/C40H25N3/c1-3-14-26(15-4-1)38-33-22-11-12-24-34(33)41-40(42-38)43-35-25-13-23-31-29-19-8-7-18-28(29)30-20-9-10-21-32(30)37(36(31)35)39(43)27-16-5-2-6-17-27/h1-25H. The molecule has 0 N–H and O–H groups in total. The Bertz CT molecular complexity index is 2330. The van der Waals surface area contributed by atoms with Gasteiger partial charge in [-0.3, -0.25) is 4.57 Å². The molecule has 3 nitrogen and oxygen atoms in total. The largest absolute Gasteiger partial charge is 0.277 e. The van der Waals surface area contributed by atoms with Crippen LogP contribution in [0.2, 0.25) is 0 Å². The summed E-state index contributed by atoms with van der Waals surface area (Å²) in [4.78, 5) is 10.6. The Balaban J connectivity index is 1.49. The van der Waals surface area contributed by atoms with E-state index in [4.69, 9.17) is 9.97 Å². The molecular weight excluding hydrogens is 522 g/mol. The van der Waals surface area contributed by atoms with Crippen molar-refractivity contribution in [3.8, 4) is 61.8 Å². The Kier molecular flexibility index (Phi) is 5.20. The molecule has 2 heterocycles. The Morgan fingerprint density at radius 3 is 1.72 bits per heavy atom. The third-order valence-corrected chi connectivity index (χ3v) is 8.58. The highest BCUT2D eigenvalue weighted by Gasteiger charge is 2.29. The number of benzene rings is 6. The molecule has 1 aliphatic carbocycles. The smallest absolute Gasteiger partial charge is 0.235 e. The van der Waals surface area contributed by atoms with Gasteiger partial charge in [0.15, 0.2) is 0 Å². The summed E-state index contributed by atoms with van der Waals surface area (Å²) in [7, 11) is 0. The van der Waals surface area contributed by atoms with Gasteiger partial charge in [0.2, 0.25) is 5.95 Å². The van der Waals surface area contributed by atoms with Crippen molar-refractivity contribution in [2.24, 2.45) is 0 Å². The normalized spacial score (nSPS) is 11.7. The number of fused-ring (bicyclic) bond motifs is 6. The van der Waals surface area contributed by atoms with Gasteiger partial charge in [0, 0.05) is 21.9 Å². The van der Waals surface area contributed by atoms with Crippen LogP contribution in [0.4, 0.5) is 0 Å². The molecule has 0 unspecified atom stereocenters. The van der Waals surface area contributed by atoms with Gasteiger partial charge in [0.1, 0.15) is 0 Å². The Hall–Kier alpha value is -5.80. The van der Waals surface area contributed by atoms with Gasteiger partial charge in [-0.15, -0.1) is 0 Å². The summed E-state index contributed by atoms with van der Waals surface area (Å²) in [5.74, 6) is 0.663. The number of aromatic nitrogens is 3. The minimum atomic E-state index is 0.663. The topological polar surface area (TPSA) is 30.7 Å². The van der Waals surface area contributed by atoms with Crippen LogP contribution in [0, 0.1) is 0 Å². The third kappa shape index (κ3) is 3.55. The zero-order chi connectivity index (χ0) is 28.3. The molecule has 9 rings (SSSR count). The van der Waals surface area contributed by atoms with Crippen LogP contribution in [-0.2, 0) is 0 Å². The molecule has 6 aromatic carbocycles. The van der Waals surface area contributed by atoms with Crippen molar-refractivity contribution >= 4 is 21.8 Å². The van der Waals surface area contributed by atoms with E-state index in [1.165, 1.54) is 38.8 Å². The Morgan fingerprint density at radius 1 is 0.419 bits per heavy atom. The van der Waals surface area contributed by atoms with Gasteiger partial charge in [-0.25, -0.2) is 9.97 Å². The monoisotopic (exact) mass is 547 g/mol. The first kappa shape index (κ1) is 23.9. The van der Waals surface area contributed by atoms with Gasteiger partial charge < -0.3 is 0 Å². The van der Waals surface area contributed by atoms with Crippen molar-refractivity contribution in [2.75, 3.05) is 0 Å². The molecule has 0 saturated heterocycles. The van der Waals surface area contributed by atoms with Crippen molar-refractivity contribution in [3.63, 3.8) is 0 Å². The van der Waals surface area contributed by atoms with E-state index in [2.05, 4.69) is 150 Å². The van der Waals surface area contributed by atoms with Crippen LogP contribution < -0.4 is 0 Å². The maximum atomic E-state index is 5.35. The van der Waals surface area contributed by atoms with Crippen molar-refractivity contribution in [1.82, 2.24) is 14.5 Å². The second-order valence-corrected chi connectivity index (χ2v) is 11.0. The van der Waals surface area contributed by atoms with E-state index in [0.29, 0.717) is 5.95 Å². The molecule has 0 saturated carbocycles. The van der Waals surface area contributed by atoms with E-state index in [-0.39, 0.29) is 0 Å². The Labute approximate surface area is 249 Å². The van der Waals surface area contributed by atoms with E-state index in [1.807, 2.05) is 6.07 Å². The number of rotatable bonds is 3. The third-order valence-electron chi connectivity index (χ3n) is 8.58. The fraction of sp³-hybridized carbons (Fsp3) is 0. The fourth-order valence-electron chi connectivity index (χ4n) is 6.77. The first-order valence-corrected chi connectivity index (χ1v) is 14.6. The highest BCUT2D eigenvalue weighted by Crippen LogP contribution is 2.52. The summed E-state index contributed by atoms with van der Waals surface area (Å²) in [6.07, 6.45) is 0. The van der Waals surface area contributed by atoms with Crippen LogP contribution in [0.25, 0.3) is 83.6 Å². The van der Waals surface area contributed by atoms with E-state index in [1.54, 1.807) is 0 Å². The van der Waals surface area contributed by atoms with Crippen LogP contribution in [0.5, 0.6) is 0 Å². The van der Waals surface area contributed by atoms with Crippen LogP contribution in [0.3, 0.4) is 0 Å². The average Bonchev–Trinajstić information content (AvgIpc) is 3.38. The summed E-state index contributed by atoms with van der Waals surface area (Å²) in [6.45, 7) is 0. The number of hydrogen-bond acceptors (Lipinski definition) is 2. The predicted octanol–water partition coefficient (Wildman–Crippen LogP) is 10.2. The van der Waals surface area contributed by atoms with Gasteiger partial charge in [-0.1, -0.05) is 140 Å². The average molecular weight is 548 g/mol. The number of hydrogen-bond donors (Lipinski definition) is 0. The van der Waals surface area contributed by atoms with Crippen molar-refractivity contribution in [2.45, 2.75) is 0 Å². The molecule has 43 heavy (non-hydrogen) atoms. The van der Waals surface area contributed by atoms with Gasteiger partial charge >= 0.3 is 0 Å². The summed E-state index contributed by atoms with van der Waals surface area (Å²) < 4.78 is 2.28. The van der Waals surface area contributed by atoms with Gasteiger partial charge in [0.25, 0.3) is 0 Å². The lowest BCUT2D eigenvalue weighted by molar-refractivity contribution is 0.991.